The molecule has 4 rings (SSSR count). The first kappa shape index (κ1) is 21.3. The van der Waals surface area contributed by atoms with Gasteiger partial charge in [0, 0.05) is 35.6 Å². The SMILES string of the molecule is Cc1cccc(C(Nc2ccc(CN(C)C)cc2)=C2C(=O)Nc3ccc([N+](=O)[O-])cc32)c1. The Labute approximate surface area is 186 Å². The van der Waals surface area contributed by atoms with Gasteiger partial charge in [0.25, 0.3) is 11.6 Å². The normalized spacial score (nSPS) is 14.2. The van der Waals surface area contributed by atoms with E-state index in [9.17, 15) is 14.9 Å². The fourth-order valence-corrected chi connectivity index (χ4v) is 3.80. The molecule has 1 aliphatic rings. The molecule has 32 heavy (non-hydrogen) atoms. The van der Waals surface area contributed by atoms with Crippen molar-refractivity contribution in [3.63, 3.8) is 0 Å². The Kier molecular flexibility index (Phi) is 5.75. The fourth-order valence-electron chi connectivity index (χ4n) is 3.80. The Balaban J connectivity index is 1.84. The van der Waals surface area contributed by atoms with E-state index in [1.54, 1.807) is 6.07 Å². The molecule has 0 fully saturated rings. The molecule has 7 heteroatoms. The van der Waals surface area contributed by atoms with Crippen molar-refractivity contribution in [2.24, 2.45) is 0 Å². The highest BCUT2D eigenvalue weighted by Gasteiger charge is 2.30. The number of anilines is 2. The van der Waals surface area contributed by atoms with Gasteiger partial charge in [-0.25, -0.2) is 0 Å². The van der Waals surface area contributed by atoms with Crippen LogP contribution in [0.4, 0.5) is 17.1 Å². The Morgan fingerprint density at radius 3 is 2.47 bits per heavy atom. The van der Waals surface area contributed by atoms with Crippen LogP contribution in [-0.4, -0.2) is 29.8 Å². The van der Waals surface area contributed by atoms with E-state index in [4.69, 9.17) is 0 Å². The minimum absolute atomic E-state index is 0.0608. The molecular formula is C25H24N4O3. The largest absolute Gasteiger partial charge is 0.354 e. The number of carbonyl (C=O) groups is 1. The number of fused-ring (bicyclic) bond motifs is 1. The van der Waals surface area contributed by atoms with E-state index in [1.165, 1.54) is 17.7 Å². The summed E-state index contributed by atoms with van der Waals surface area (Å²) in [6, 6.07) is 20.2. The van der Waals surface area contributed by atoms with Gasteiger partial charge in [0.2, 0.25) is 0 Å². The molecule has 7 nitrogen and oxygen atoms in total. The maximum atomic E-state index is 13.0. The summed E-state index contributed by atoms with van der Waals surface area (Å²) in [7, 11) is 4.03. The van der Waals surface area contributed by atoms with Crippen molar-refractivity contribution in [2.75, 3.05) is 24.7 Å². The highest BCUT2D eigenvalue weighted by molar-refractivity contribution is 6.37. The summed E-state index contributed by atoms with van der Waals surface area (Å²) in [4.78, 5) is 26.0. The van der Waals surface area contributed by atoms with Gasteiger partial charge in [-0.1, -0.05) is 35.9 Å². The first-order valence-electron chi connectivity index (χ1n) is 10.2. The Morgan fingerprint density at radius 2 is 1.81 bits per heavy atom. The van der Waals surface area contributed by atoms with Gasteiger partial charge in [0.1, 0.15) is 0 Å². The lowest BCUT2D eigenvalue weighted by Crippen LogP contribution is -2.11. The van der Waals surface area contributed by atoms with Crippen LogP contribution in [0.15, 0.2) is 66.7 Å². The number of nitro groups is 1. The minimum Gasteiger partial charge on any atom is -0.354 e. The molecule has 1 amide bonds. The number of nitro benzene ring substituents is 1. The van der Waals surface area contributed by atoms with Crippen LogP contribution < -0.4 is 10.6 Å². The van der Waals surface area contributed by atoms with E-state index in [1.807, 2.05) is 69.6 Å². The minimum atomic E-state index is -0.454. The molecule has 3 aromatic rings. The van der Waals surface area contributed by atoms with Gasteiger partial charge in [0.05, 0.1) is 16.2 Å². The predicted molar refractivity (Wildman–Crippen MR) is 127 cm³/mol. The van der Waals surface area contributed by atoms with E-state index >= 15 is 0 Å². The zero-order valence-electron chi connectivity index (χ0n) is 18.2. The zero-order chi connectivity index (χ0) is 22.8. The Bertz CT molecular complexity index is 1230. The van der Waals surface area contributed by atoms with Gasteiger partial charge in [-0.2, -0.15) is 0 Å². The summed E-state index contributed by atoms with van der Waals surface area (Å²) in [6.45, 7) is 2.81. The van der Waals surface area contributed by atoms with Crippen LogP contribution in [0.25, 0.3) is 11.3 Å². The molecule has 0 atom stereocenters. The van der Waals surface area contributed by atoms with Crippen molar-refractivity contribution < 1.29 is 9.72 Å². The number of hydrogen-bond acceptors (Lipinski definition) is 5. The van der Waals surface area contributed by atoms with Crippen LogP contribution in [0.3, 0.4) is 0 Å². The lowest BCUT2D eigenvalue weighted by molar-refractivity contribution is -0.384. The van der Waals surface area contributed by atoms with Crippen LogP contribution >= 0.6 is 0 Å². The molecule has 0 spiro atoms. The number of nitrogens with one attached hydrogen (secondary N) is 2. The van der Waals surface area contributed by atoms with E-state index in [-0.39, 0.29) is 11.6 Å². The van der Waals surface area contributed by atoms with Crippen LogP contribution in [0.2, 0.25) is 0 Å². The molecule has 2 N–H and O–H groups in total. The van der Waals surface area contributed by atoms with E-state index in [0.717, 1.165) is 23.4 Å². The van der Waals surface area contributed by atoms with Gasteiger partial charge in [-0.05, 0) is 56.4 Å². The highest BCUT2D eigenvalue weighted by Crippen LogP contribution is 2.39. The average Bonchev–Trinajstić information content (AvgIpc) is 3.07. The van der Waals surface area contributed by atoms with Crippen LogP contribution in [0, 0.1) is 17.0 Å². The first-order chi connectivity index (χ1) is 15.3. The van der Waals surface area contributed by atoms with E-state index < -0.39 is 4.92 Å². The van der Waals surface area contributed by atoms with Crippen molar-refractivity contribution in [2.45, 2.75) is 13.5 Å². The second-order valence-corrected chi connectivity index (χ2v) is 8.12. The smallest absolute Gasteiger partial charge is 0.270 e. The number of aryl methyl sites for hydroxylation is 1. The number of benzene rings is 3. The third-order valence-corrected chi connectivity index (χ3v) is 5.24. The standard InChI is InChI=1S/C25H24N4O3/c1-16-5-4-6-18(13-16)24(26-19-9-7-17(8-10-19)15-28(2)3)23-21-14-20(29(31)32)11-12-22(21)27-25(23)30/h4-14,26H,15H2,1-3H3,(H,27,30). The van der Waals surface area contributed by atoms with Crippen molar-refractivity contribution in [3.8, 4) is 0 Å². The summed E-state index contributed by atoms with van der Waals surface area (Å²) in [5.74, 6) is -0.297. The van der Waals surface area contributed by atoms with Crippen LogP contribution in [0.1, 0.15) is 22.3 Å². The van der Waals surface area contributed by atoms with Gasteiger partial charge >= 0.3 is 0 Å². The van der Waals surface area contributed by atoms with Crippen LogP contribution in [0.5, 0.6) is 0 Å². The number of nitrogens with zero attached hydrogens (tertiary/aromatic N) is 2. The molecule has 0 radical (unpaired) electrons. The maximum Gasteiger partial charge on any atom is 0.270 e. The molecule has 0 saturated carbocycles. The van der Waals surface area contributed by atoms with Crippen molar-refractivity contribution in [3.05, 3.63) is 99.1 Å². The molecular weight excluding hydrogens is 404 g/mol. The van der Waals surface area contributed by atoms with Crippen molar-refractivity contribution in [1.29, 1.82) is 0 Å². The van der Waals surface area contributed by atoms with Crippen molar-refractivity contribution >= 4 is 34.2 Å². The second kappa shape index (κ2) is 8.64. The Hall–Kier alpha value is -3.97. The van der Waals surface area contributed by atoms with Gasteiger partial charge < -0.3 is 15.5 Å². The number of rotatable bonds is 6. The first-order valence-corrected chi connectivity index (χ1v) is 10.2. The van der Waals surface area contributed by atoms with Crippen LogP contribution in [-0.2, 0) is 11.3 Å². The number of amides is 1. The molecule has 1 heterocycles. The lowest BCUT2D eigenvalue weighted by Gasteiger charge is -2.16. The molecule has 0 aromatic heterocycles. The third kappa shape index (κ3) is 4.38. The van der Waals surface area contributed by atoms with E-state index in [0.29, 0.717) is 22.5 Å². The number of carbonyl (C=O) groups excluding carboxylic acids is 1. The summed E-state index contributed by atoms with van der Waals surface area (Å²) in [5.41, 5.74) is 5.86. The molecule has 0 unspecified atom stereocenters. The summed E-state index contributed by atoms with van der Waals surface area (Å²) < 4.78 is 0. The molecule has 0 bridgehead atoms. The fraction of sp³-hybridized carbons (Fsp3) is 0.160. The third-order valence-electron chi connectivity index (χ3n) is 5.24. The monoisotopic (exact) mass is 428 g/mol. The highest BCUT2D eigenvalue weighted by atomic mass is 16.6. The number of hydrogen-bond donors (Lipinski definition) is 2. The predicted octanol–water partition coefficient (Wildman–Crippen LogP) is 4.90. The molecule has 0 aliphatic carbocycles. The number of non-ortho nitro benzene ring substituents is 1. The summed E-state index contributed by atoms with van der Waals surface area (Å²) in [6.07, 6.45) is 0. The molecule has 162 valence electrons. The van der Waals surface area contributed by atoms with Gasteiger partial charge in [-0.15, -0.1) is 0 Å². The van der Waals surface area contributed by atoms with E-state index in [2.05, 4.69) is 15.5 Å². The lowest BCUT2D eigenvalue weighted by atomic mass is 9.98. The van der Waals surface area contributed by atoms with Gasteiger partial charge in [0.15, 0.2) is 0 Å². The zero-order valence-corrected chi connectivity index (χ0v) is 18.2. The summed E-state index contributed by atoms with van der Waals surface area (Å²) >= 11 is 0. The maximum absolute atomic E-state index is 13.0. The van der Waals surface area contributed by atoms with Gasteiger partial charge in [-0.3, -0.25) is 14.9 Å². The van der Waals surface area contributed by atoms with Crippen molar-refractivity contribution in [1.82, 2.24) is 4.90 Å². The summed E-state index contributed by atoms with van der Waals surface area (Å²) in [5, 5.41) is 17.6. The molecule has 0 saturated heterocycles. The molecule has 1 aliphatic heterocycles. The topological polar surface area (TPSA) is 87.5 Å². The quantitative estimate of drug-likeness (QED) is 0.331. The second-order valence-electron chi connectivity index (χ2n) is 8.12. The average molecular weight is 428 g/mol. The molecule has 3 aromatic carbocycles. The Morgan fingerprint density at radius 1 is 1.06 bits per heavy atom.